The van der Waals surface area contributed by atoms with Crippen LogP contribution < -0.4 is 5.32 Å². The molecule has 0 atom stereocenters. The molecule has 1 aliphatic rings. The molecule has 1 aliphatic carbocycles. The lowest BCUT2D eigenvalue weighted by Crippen LogP contribution is -2.29. The second-order valence-electron chi connectivity index (χ2n) is 5.68. The highest BCUT2D eigenvalue weighted by Crippen LogP contribution is 2.25. The molecule has 108 valence electrons. The fraction of sp³-hybridized carbons (Fsp3) is 0.600. The molecule has 0 unspecified atom stereocenters. The minimum Gasteiger partial charge on any atom is -0.354 e. The number of carbonyl (C=O) groups is 1. The Balaban J connectivity index is 1.43. The molecule has 0 aromatic carbocycles. The van der Waals surface area contributed by atoms with Gasteiger partial charge in [0.25, 0.3) is 0 Å². The average molecular weight is 274 g/mol. The van der Waals surface area contributed by atoms with Gasteiger partial charge in [0.15, 0.2) is 0 Å². The minimum atomic E-state index is 0.202. The molecule has 2 aromatic rings. The number of aromatic nitrogens is 3. The summed E-state index contributed by atoms with van der Waals surface area (Å²) in [6.07, 6.45) is 12.8. The van der Waals surface area contributed by atoms with Gasteiger partial charge >= 0.3 is 0 Å². The maximum atomic E-state index is 11.9. The summed E-state index contributed by atoms with van der Waals surface area (Å²) in [6.45, 7) is 1.47. The van der Waals surface area contributed by atoms with Crippen molar-refractivity contribution in [3.8, 4) is 0 Å². The summed E-state index contributed by atoms with van der Waals surface area (Å²) in [7, 11) is 0. The summed E-state index contributed by atoms with van der Waals surface area (Å²) >= 11 is 0. The fourth-order valence-corrected chi connectivity index (χ4v) is 3.10. The van der Waals surface area contributed by atoms with E-state index >= 15 is 0 Å². The summed E-state index contributed by atoms with van der Waals surface area (Å²) in [6, 6.07) is 1.98. The zero-order chi connectivity index (χ0) is 13.8. The Labute approximate surface area is 119 Å². The van der Waals surface area contributed by atoms with Crippen molar-refractivity contribution in [2.45, 2.75) is 45.1 Å². The quantitative estimate of drug-likeness (QED) is 0.909. The van der Waals surface area contributed by atoms with Gasteiger partial charge in [0.05, 0.1) is 6.20 Å². The van der Waals surface area contributed by atoms with E-state index in [0.717, 1.165) is 12.2 Å². The topological polar surface area (TPSA) is 51.3 Å². The summed E-state index contributed by atoms with van der Waals surface area (Å²) in [5.74, 6) is 0.811. The highest BCUT2D eigenvalue weighted by atomic mass is 16.1. The number of fused-ring (bicyclic) bond motifs is 1. The first kappa shape index (κ1) is 13.2. The van der Waals surface area contributed by atoms with Crippen molar-refractivity contribution >= 4 is 11.6 Å². The number of amides is 1. The predicted octanol–water partition coefficient (Wildman–Crippen LogP) is 2.22. The van der Waals surface area contributed by atoms with Crippen LogP contribution in [0.1, 0.15) is 38.5 Å². The van der Waals surface area contributed by atoms with Crippen LogP contribution in [0.3, 0.4) is 0 Å². The Bertz CT molecular complexity index is 565. The number of imidazole rings is 1. The highest BCUT2D eigenvalue weighted by molar-refractivity contribution is 5.76. The molecule has 2 heterocycles. The van der Waals surface area contributed by atoms with Gasteiger partial charge < -0.3 is 9.88 Å². The van der Waals surface area contributed by atoms with Crippen molar-refractivity contribution in [2.75, 3.05) is 6.54 Å². The fourth-order valence-electron chi connectivity index (χ4n) is 3.10. The van der Waals surface area contributed by atoms with Crippen LogP contribution in [0.5, 0.6) is 0 Å². The SMILES string of the molecule is O=C(CC1CCCCC1)NCCn1ccn2nccc12. The molecule has 2 aromatic heterocycles. The maximum Gasteiger partial charge on any atom is 0.220 e. The molecule has 1 amide bonds. The number of nitrogens with zero attached hydrogens (tertiary/aromatic N) is 3. The third-order valence-electron chi connectivity index (χ3n) is 4.21. The van der Waals surface area contributed by atoms with Crippen LogP contribution in [0.2, 0.25) is 0 Å². The summed E-state index contributed by atoms with van der Waals surface area (Å²) in [4.78, 5) is 11.9. The highest BCUT2D eigenvalue weighted by Gasteiger charge is 2.16. The third kappa shape index (κ3) is 3.03. The Morgan fingerprint density at radius 3 is 3.00 bits per heavy atom. The summed E-state index contributed by atoms with van der Waals surface area (Å²) < 4.78 is 3.94. The van der Waals surface area contributed by atoms with E-state index in [9.17, 15) is 4.79 Å². The van der Waals surface area contributed by atoms with Gasteiger partial charge in [-0.05, 0) is 18.8 Å². The zero-order valence-electron chi connectivity index (χ0n) is 11.8. The summed E-state index contributed by atoms with van der Waals surface area (Å²) in [5, 5.41) is 7.20. The van der Waals surface area contributed by atoms with Crippen LogP contribution in [-0.2, 0) is 11.3 Å². The first-order chi connectivity index (χ1) is 9.83. The molecule has 1 N–H and O–H groups in total. The molecule has 1 saturated carbocycles. The lowest BCUT2D eigenvalue weighted by molar-refractivity contribution is -0.122. The van der Waals surface area contributed by atoms with E-state index in [2.05, 4.69) is 15.0 Å². The van der Waals surface area contributed by atoms with E-state index in [1.807, 2.05) is 23.0 Å². The van der Waals surface area contributed by atoms with E-state index in [0.29, 0.717) is 18.9 Å². The van der Waals surface area contributed by atoms with Gasteiger partial charge in [0.1, 0.15) is 5.65 Å². The van der Waals surface area contributed by atoms with Gasteiger partial charge in [-0.1, -0.05) is 19.3 Å². The second-order valence-corrected chi connectivity index (χ2v) is 5.68. The number of hydrogen-bond acceptors (Lipinski definition) is 2. The van der Waals surface area contributed by atoms with Gasteiger partial charge in [0.2, 0.25) is 5.91 Å². The number of nitrogens with one attached hydrogen (secondary N) is 1. The van der Waals surface area contributed by atoms with E-state index in [4.69, 9.17) is 0 Å². The van der Waals surface area contributed by atoms with Gasteiger partial charge in [-0.3, -0.25) is 4.79 Å². The van der Waals surface area contributed by atoms with E-state index in [1.165, 1.54) is 32.1 Å². The van der Waals surface area contributed by atoms with Crippen molar-refractivity contribution < 1.29 is 4.79 Å². The molecular weight excluding hydrogens is 252 g/mol. The van der Waals surface area contributed by atoms with Crippen molar-refractivity contribution in [1.29, 1.82) is 0 Å². The largest absolute Gasteiger partial charge is 0.354 e. The number of carbonyl (C=O) groups excluding carboxylic acids is 1. The second kappa shape index (κ2) is 6.11. The molecule has 5 nitrogen and oxygen atoms in total. The van der Waals surface area contributed by atoms with Crippen LogP contribution in [0.15, 0.2) is 24.7 Å². The Hall–Kier alpha value is -1.78. The smallest absolute Gasteiger partial charge is 0.220 e. The molecule has 0 bridgehead atoms. The number of rotatable bonds is 5. The van der Waals surface area contributed by atoms with Crippen molar-refractivity contribution in [3.05, 3.63) is 24.7 Å². The van der Waals surface area contributed by atoms with Crippen LogP contribution in [0, 0.1) is 5.92 Å². The van der Waals surface area contributed by atoms with Crippen LogP contribution in [0.25, 0.3) is 5.65 Å². The molecular formula is C15H22N4O. The zero-order valence-corrected chi connectivity index (χ0v) is 11.8. The first-order valence-electron chi connectivity index (χ1n) is 7.58. The molecule has 3 rings (SSSR count). The van der Waals surface area contributed by atoms with Crippen LogP contribution >= 0.6 is 0 Å². The van der Waals surface area contributed by atoms with E-state index < -0.39 is 0 Å². The normalized spacial score (nSPS) is 16.6. The molecule has 0 saturated heterocycles. The Morgan fingerprint density at radius 2 is 2.15 bits per heavy atom. The Kier molecular flexibility index (Phi) is 4.04. The molecule has 20 heavy (non-hydrogen) atoms. The van der Waals surface area contributed by atoms with Crippen LogP contribution in [0.4, 0.5) is 0 Å². The molecule has 1 fully saturated rings. The van der Waals surface area contributed by atoms with Crippen molar-refractivity contribution in [1.82, 2.24) is 19.5 Å². The maximum absolute atomic E-state index is 11.9. The molecule has 0 aliphatic heterocycles. The van der Waals surface area contributed by atoms with Gasteiger partial charge in [-0.15, -0.1) is 0 Å². The minimum absolute atomic E-state index is 0.202. The monoisotopic (exact) mass is 274 g/mol. The molecule has 5 heteroatoms. The predicted molar refractivity (Wildman–Crippen MR) is 77.4 cm³/mol. The van der Waals surface area contributed by atoms with Gasteiger partial charge in [-0.2, -0.15) is 5.10 Å². The third-order valence-corrected chi connectivity index (χ3v) is 4.21. The molecule has 0 spiro atoms. The van der Waals surface area contributed by atoms with Crippen molar-refractivity contribution in [2.24, 2.45) is 5.92 Å². The lowest BCUT2D eigenvalue weighted by Gasteiger charge is -2.20. The van der Waals surface area contributed by atoms with E-state index in [1.54, 1.807) is 6.20 Å². The average Bonchev–Trinajstić information content (AvgIpc) is 3.04. The summed E-state index contributed by atoms with van der Waals surface area (Å²) in [5.41, 5.74) is 1.06. The van der Waals surface area contributed by atoms with Crippen molar-refractivity contribution in [3.63, 3.8) is 0 Å². The van der Waals surface area contributed by atoms with Crippen LogP contribution in [-0.4, -0.2) is 26.6 Å². The van der Waals surface area contributed by atoms with Gasteiger partial charge in [-0.25, -0.2) is 4.52 Å². The number of hydrogen-bond donors (Lipinski definition) is 1. The van der Waals surface area contributed by atoms with Gasteiger partial charge in [0, 0.05) is 38.0 Å². The Morgan fingerprint density at radius 1 is 1.30 bits per heavy atom. The molecule has 0 radical (unpaired) electrons. The lowest BCUT2D eigenvalue weighted by atomic mass is 9.87. The first-order valence-corrected chi connectivity index (χ1v) is 7.58. The standard InChI is InChI=1S/C15H22N4O/c20-14(12-13-4-2-1-3-5-13)16-8-9-18-10-11-19-15(18)6-7-17-19/h6-7,10-11,13H,1-5,8-9,12H2,(H,16,20). The van der Waals surface area contributed by atoms with E-state index in [-0.39, 0.29) is 5.91 Å².